The Morgan fingerprint density at radius 1 is 0.931 bits per heavy atom. The Hall–Kier alpha value is -2.98. The van der Waals surface area contributed by atoms with Crippen LogP contribution < -0.4 is 0 Å². The van der Waals surface area contributed by atoms with Crippen molar-refractivity contribution in [2.24, 2.45) is 0 Å². The lowest BCUT2D eigenvalue weighted by Gasteiger charge is -2.36. The number of rotatable bonds is 3. The van der Waals surface area contributed by atoms with E-state index in [0.717, 1.165) is 6.07 Å². The van der Waals surface area contributed by atoms with Crippen molar-refractivity contribution in [1.29, 1.82) is 0 Å². The zero-order valence-electron chi connectivity index (χ0n) is 15.1. The van der Waals surface area contributed by atoms with E-state index in [1.807, 2.05) is 0 Å². The third-order valence-corrected chi connectivity index (χ3v) is 4.86. The number of phenolic OH excluding ortho intramolecular Hbond substituents is 3. The average molecular weight is 405 g/mol. The molecule has 4 rings (SSSR count). The van der Waals surface area contributed by atoms with Gasteiger partial charge >= 0.3 is 0 Å². The number of aromatic hydroxyl groups is 4. The lowest BCUT2D eigenvalue weighted by molar-refractivity contribution is -0.263. The molecule has 0 saturated carbocycles. The van der Waals surface area contributed by atoms with Gasteiger partial charge in [0.25, 0.3) is 11.9 Å². The number of aliphatic hydroxyl groups is 4. The second-order valence-electron chi connectivity index (χ2n) is 6.94. The molecule has 0 spiro atoms. The molecule has 154 valence electrons. The SMILES string of the molecule is Oc1ccc(C2[OH+]c3cc(O)cc(O)c3C=C2O[C@H]2OC[C@H](O)[C@@H](O)[C@H]2O)cc1. The fourth-order valence-electron chi connectivity index (χ4n) is 3.30. The van der Waals surface area contributed by atoms with Gasteiger partial charge in [-0.25, -0.2) is 0 Å². The van der Waals surface area contributed by atoms with Gasteiger partial charge in [-0.3, -0.25) is 0 Å². The maximum absolute atomic E-state index is 10.2. The van der Waals surface area contributed by atoms with Crippen LogP contribution in [-0.4, -0.2) is 66.6 Å². The molecule has 9 nitrogen and oxygen atoms in total. The molecule has 9 heteroatoms. The van der Waals surface area contributed by atoms with E-state index in [2.05, 4.69) is 4.74 Å². The Morgan fingerprint density at radius 2 is 1.66 bits per heavy atom. The van der Waals surface area contributed by atoms with Crippen LogP contribution in [0.15, 0.2) is 42.2 Å². The van der Waals surface area contributed by atoms with Gasteiger partial charge in [-0.15, -0.1) is 0 Å². The number of hydrogen-bond donors (Lipinski definition) is 6. The van der Waals surface area contributed by atoms with Crippen LogP contribution in [0.4, 0.5) is 0 Å². The fourth-order valence-corrected chi connectivity index (χ4v) is 3.30. The van der Waals surface area contributed by atoms with E-state index in [1.165, 1.54) is 24.3 Å². The van der Waals surface area contributed by atoms with Crippen molar-refractivity contribution >= 4 is 6.08 Å². The van der Waals surface area contributed by atoms with Crippen LogP contribution in [0.1, 0.15) is 17.2 Å². The van der Waals surface area contributed by atoms with Crippen molar-refractivity contribution < 1.29 is 44.8 Å². The minimum absolute atomic E-state index is 0.0647. The lowest BCUT2D eigenvalue weighted by Crippen LogP contribution is -2.53. The Balaban J connectivity index is 1.71. The third-order valence-electron chi connectivity index (χ3n) is 4.86. The maximum Gasteiger partial charge on any atom is 0.270 e. The smallest absolute Gasteiger partial charge is 0.270 e. The zero-order chi connectivity index (χ0) is 20.7. The number of phenols is 3. The number of ether oxygens (including phenoxy) is 3. The minimum Gasteiger partial charge on any atom is -0.571 e. The van der Waals surface area contributed by atoms with Gasteiger partial charge in [-0.2, -0.15) is 0 Å². The van der Waals surface area contributed by atoms with E-state index < -0.39 is 30.7 Å². The molecule has 1 unspecified atom stereocenters. The van der Waals surface area contributed by atoms with Crippen LogP contribution in [0.5, 0.6) is 23.0 Å². The minimum atomic E-state index is -1.50. The predicted molar refractivity (Wildman–Crippen MR) is 99.1 cm³/mol. The van der Waals surface area contributed by atoms with Crippen LogP contribution in [0, 0.1) is 0 Å². The maximum atomic E-state index is 10.2. The molecule has 2 aliphatic heterocycles. The van der Waals surface area contributed by atoms with Crippen molar-refractivity contribution in [2.75, 3.05) is 6.61 Å². The summed E-state index contributed by atoms with van der Waals surface area (Å²) in [6.07, 6.45) is -4.69. The van der Waals surface area contributed by atoms with E-state index in [0.29, 0.717) is 16.9 Å². The number of fused-ring (bicyclic) bond motifs is 1. The summed E-state index contributed by atoms with van der Waals surface area (Å²) in [4.78, 5) is 0. The van der Waals surface area contributed by atoms with Crippen molar-refractivity contribution in [2.45, 2.75) is 30.7 Å². The van der Waals surface area contributed by atoms with Crippen molar-refractivity contribution in [3.8, 4) is 23.0 Å². The van der Waals surface area contributed by atoms with Crippen LogP contribution in [0.25, 0.3) is 6.08 Å². The molecule has 0 amide bonds. The molecular formula is C20H21O9+. The monoisotopic (exact) mass is 405 g/mol. The van der Waals surface area contributed by atoms with Gasteiger partial charge in [0.1, 0.15) is 41.1 Å². The molecule has 29 heavy (non-hydrogen) atoms. The second-order valence-corrected chi connectivity index (χ2v) is 6.94. The fraction of sp³-hybridized carbons (Fsp3) is 0.300. The summed E-state index contributed by atoms with van der Waals surface area (Å²) in [5, 5.41) is 59.2. The molecule has 0 aliphatic carbocycles. The molecule has 2 aromatic carbocycles. The van der Waals surface area contributed by atoms with Crippen LogP contribution in [-0.2, 0) is 9.47 Å². The normalized spacial score (nSPS) is 28.8. The molecular weight excluding hydrogens is 384 g/mol. The summed E-state index contributed by atoms with van der Waals surface area (Å²) < 4.78 is 15.6. The molecule has 5 atom stereocenters. The number of aliphatic hydroxyl groups excluding tert-OH is 3. The van der Waals surface area contributed by atoms with E-state index in [4.69, 9.17) is 9.47 Å². The summed E-state index contributed by atoms with van der Waals surface area (Å²) in [7, 11) is 0. The van der Waals surface area contributed by atoms with Gasteiger partial charge in [0.15, 0.2) is 5.76 Å². The van der Waals surface area contributed by atoms with Crippen LogP contribution >= 0.6 is 0 Å². The molecule has 1 fully saturated rings. The van der Waals surface area contributed by atoms with Gasteiger partial charge in [0.05, 0.1) is 18.2 Å². The van der Waals surface area contributed by atoms with Crippen LogP contribution in [0.2, 0.25) is 0 Å². The second kappa shape index (κ2) is 7.45. The first kappa shape index (κ1) is 19.3. The van der Waals surface area contributed by atoms with Gasteiger partial charge in [0.2, 0.25) is 6.29 Å². The van der Waals surface area contributed by atoms with Crippen molar-refractivity contribution in [1.82, 2.24) is 0 Å². The van der Waals surface area contributed by atoms with E-state index in [-0.39, 0.29) is 29.6 Å². The number of hydrogen-bond acceptors (Lipinski definition) is 8. The Kier molecular flexibility index (Phi) is 4.97. The zero-order valence-corrected chi connectivity index (χ0v) is 15.1. The van der Waals surface area contributed by atoms with Crippen molar-refractivity contribution in [3.63, 3.8) is 0 Å². The van der Waals surface area contributed by atoms with E-state index in [9.17, 15) is 30.6 Å². The van der Waals surface area contributed by atoms with Crippen molar-refractivity contribution in [3.05, 3.63) is 53.3 Å². The predicted octanol–water partition coefficient (Wildman–Crippen LogP) is 0.596. The summed E-state index contributed by atoms with van der Waals surface area (Å²) in [5.74, 6) is 0.227. The first-order valence-electron chi connectivity index (χ1n) is 8.93. The quantitative estimate of drug-likeness (QED) is 0.406. The average Bonchev–Trinajstić information content (AvgIpc) is 2.69. The highest BCUT2D eigenvalue weighted by atomic mass is 16.7. The first-order chi connectivity index (χ1) is 13.8. The van der Waals surface area contributed by atoms with Gasteiger partial charge in [-0.1, -0.05) is 0 Å². The molecule has 2 aliphatic rings. The molecule has 7 N–H and O–H groups in total. The van der Waals surface area contributed by atoms with E-state index >= 15 is 0 Å². The summed E-state index contributed by atoms with van der Waals surface area (Å²) >= 11 is 0. The molecule has 0 bridgehead atoms. The van der Waals surface area contributed by atoms with Crippen LogP contribution in [0.3, 0.4) is 0 Å². The standard InChI is InChI=1S/C20H20O9/c21-10-3-1-9(2-4-10)19-16(29-20-18(26)17(25)14(24)8-27-20)7-12-13(23)5-11(22)6-15(12)28-19/h1-7,14,17-26H,8H2/p+1/t14-,17+,18+,19?,20+/m0/s1. The Labute approximate surface area is 165 Å². The highest BCUT2D eigenvalue weighted by Crippen LogP contribution is 2.45. The third kappa shape index (κ3) is 3.68. The molecule has 0 aromatic heterocycles. The van der Waals surface area contributed by atoms with E-state index in [1.54, 1.807) is 12.1 Å². The molecule has 0 radical (unpaired) electrons. The highest BCUT2D eigenvalue weighted by molar-refractivity contribution is 5.69. The Morgan fingerprint density at radius 3 is 2.38 bits per heavy atom. The molecule has 1 saturated heterocycles. The van der Waals surface area contributed by atoms with Gasteiger partial charge in [-0.05, 0) is 24.3 Å². The van der Waals surface area contributed by atoms with Gasteiger partial charge in [0, 0.05) is 12.1 Å². The first-order valence-corrected chi connectivity index (χ1v) is 8.93. The largest absolute Gasteiger partial charge is 0.571 e. The molecule has 2 aromatic rings. The summed E-state index contributed by atoms with van der Waals surface area (Å²) in [6.45, 7) is -0.229. The molecule has 2 heterocycles. The topological polar surface area (TPSA) is 153 Å². The number of benzene rings is 2. The Bertz CT molecular complexity index is 924. The lowest BCUT2D eigenvalue weighted by atomic mass is 10.0. The van der Waals surface area contributed by atoms with Gasteiger partial charge < -0.3 is 44.8 Å². The summed E-state index contributed by atoms with van der Waals surface area (Å²) in [6, 6.07) is 8.77. The highest BCUT2D eigenvalue weighted by Gasteiger charge is 2.42. The summed E-state index contributed by atoms with van der Waals surface area (Å²) in [5.41, 5.74) is 0.937.